The van der Waals surface area contributed by atoms with Crippen molar-refractivity contribution in [2.75, 3.05) is 20.2 Å². The third-order valence-electron chi connectivity index (χ3n) is 4.54. The van der Waals surface area contributed by atoms with Gasteiger partial charge in [0.2, 0.25) is 0 Å². The fourth-order valence-electron chi connectivity index (χ4n) is 3.25. The van der Waals surface area contributed by atoms with Crippen LogP contribution in [0.1, 0.15) is 50.8 Å². The van der Waals surface area contributed by atoms with Crippen molar-refractivity contribution < 1.29 is 9.47 Å². The van der Waals surface area contributed by atoms with Crippen LogP contribution in [0.2, 0.25) is 0 Å². The average molecular weight is 287 g/mol. The third kappa shape index (κ3) is 2.80. The summed E-state index contributed by atoms with van der Waals surface area (Å²) in [6.07, 6.45) is 6.88. The van der Waals surface area contributed by atoms with E-state index in [9.17, 15) is 0 Å². The van der Waals surface area contributed by atoms with Crippen LogP contribution in [0.3, 0.4) is 0 Å². The van der Waals surface area contributed by atoms with Gasteiger partial charge in [-0.2, -0.15) is 0 Å². The highest BCUT2D eigenvalue weighted by atomic mass is 16.5. The average Bonchev–Trinajstić information content (AvgIpc) is 2.98. The maximum atomic E-state index is 6.04. The third-order valence-corrected chi connectivity index (χ3v) is 4.54. The number of benzene rings is 1. The largest absolute Gasteiger partial charge is 0.496 e. The standard InChI is InChI=1S/C18H25NO2/c1-13(19-9-5-6-10-19)15-11-14-7-8-18(2,3)21-16(14)12-17(15)20-4/h7-8,11-13H,5-6,9-10H2,1-4H3. The van der Waals surface area contributed by atoms with Gasteiger partial charge in [-0.3, -0.25) is 4.90 Å². The van der Waals surface area contributed by atoms with Crippen LogP contribution in [0.15, 0.2) is 18.2 Å². The van der Waals surface area contributed by atoms with Crippen molar-refractivity contribution in [3.8, 4) is 11.5 Å². The number of rotatable bonds is 3. The normalized spacial score (nSPS) is 21.7. The first-order valence-electron chi connectivity index (χ1n) is 7.84. The number of ether oxygens (including phenoxy) is 2. The van der Waals surface area contributed by atoms with E-state index in [2.05, 4.69) is 43.9 Å². The Morgan fingerprint density at radius 3 is 2.62 bits per heavy atom. The van der Waals surface area contributed by atoms with Crippen molar-refractivity contribution in [2.45, 2.75) is 45.3 Å². The smallest absolute Gasteiger partial charge is 0.131 e. The van der Waals surface area contributed by atoms with E-state index in [0.29, 0.717) is 6.04 Å². The Bertz CT molecular complexity index is 557. The molecule has 114 valence electrons. The van der Waals surface area contributed by atoms with E-state index in [4.69, 9.17) is 9.47 Å². The minimum atomic E-state index is -0.250. The van der Waals surface area contributed by atoms with Gasteiger partial charge < -0.3 is 9.47 Å². The topological polar surface area (TPSA) is 21.7 Å². The van der Waals surface area contributed by atoms with E-state index in [1.807, 2.05) is 6.07 Å². The highest BCUT2D eigenvalue weighted by Crippen LogP contribution is 2.40. The van der Waals surface area contributed by atoms with Crippen LogP contribution in [0, 0.1) is 0 Å². The number of likely N-dealkylation sites (tertiary alicyclic amines) is 1. The van der Waals surface area contributed by atoms with E-state index >= 15 is 0 Å². The number of hydrogen-bond donors (Lipinski definition) is 0. The summed E-state index contributed by atoms with van der Waals surface area (Å²) in [7, 11) is 1.74. The molecule has 0 aromatic heterocycles. The molecule has 0 N–H and O–H groups in total. The molecular formula is C18H25NO2. The summed E-state index contributed by atoms with van der Waals surface area (Å²) in [5, 5.41) is 0. The second-order valence-corrected chi connectivity index (χ2v) is 6.59. The summed E-state index contributed by atoms with van der Waals surface area (Å²) in [4.78, 5) is 2.53. The highest BCUT2D eigenvalue weighted by Gasteiger charge is 2.27. The molecule has 0 bridgehead atoms. The molecule has 1 fully saturated rings. The van der Waals surface area contributed by atoms with Gasteiger partial charge in [-0.1, -0.05) is 6.08 Å². The van der Waals surface area contributed by atoms with E-state index in [-0.39, 0.29) is 5.60 Å². The zero-order chi connectivity index (χ0) is 15.0. The monoisotopic (exact) mass is 287 g/mol. The van der Waals surface area contributed by atoms with Crippen molar-refractivity contribution in [2.24, 2.45) is 0 Å². The molecule has 0 spiro atoms. The maximum Gasteiger partial charge on any atom is 0.131 e. The van der Waals surface area contributed by atoms with Crippen LogP contribution < -0.4 is 9.47 Å². The molecule has 0 amide bonds. The van der Waals surface area contributed by atoms with Gasteiger partial charge in [0.15, 0.2) is 0 Å². The molecule has 2 aliphatic rings. The molecule has 1 aromatic carbocycles. The van der Waals surface area contributed by atoms with Crippen LogP contribution in [-0.2, 0) is 0 Å². The fraction of sp³-hybridized carbons (Fsp3) is 0.556. The lowest BCUT2D eigenvalue weighted by atomic mass is 9.97. The van der Waals surface area contributed by atoms with Gasteiger partial charge in [0, 0.05) is 23.2 Å². The molecular weight excluding hydrogens is 262 g/mol. The van der Waals surface area contributed by atoms with Crippen molar-refractivity contribution in [1.82, 2.24) is 4.90 Å². The van der Waals surface area contributed by atoms with Crippen LogP contribution in [-0.4, -0.2) is 30.7 Å². The Balaban J connectivity index is 1.97. The predicted octanol–water partition coefficient (Wildman–Crippen LogP) is 4.04. The molecule has 21 heavy (non-hydrogen) atoms. The first-order valence-corrected chi connectivity index (χ1v) is 7.84. The number of hydrogen-bond acceptors (Lipinski definition) is 3. The molecule has 3 rings (SSSR count). The molecule has 0 aliphatic carbocycles. The van der Waals surface area contributed by atoms with E-state index < -0.39 is 0 Å². The summed E-state index contributed by atoms with van der Waals surface area (Å²) in [5.41, 5.74) is 2.15. The number of nitrogens with zero attached hydrogens (tertiary/aromatic N) is 1. The number of fused-ring (bicyclic) bond motifs is 1. The highest BCUT2D eigenvalue weighted by molar-refractivity contribution is 5.64. The fourth-order valence-corrected chi connectivity index (χ4v) is 3.25. The lowest BCUT2D eigenvalue weighted by Gasteiger charge is -2.31. The Morgan fingerprint density at radius 2 is 1.95 bits per heavy atom. The predicted molar refractivity (Wildman–Crippen MR) is 86.0 cm³/mol. The zero-order valence-electron chi connectivity index (χ0n) is 13.5. The molecule has 3 nitrogen and oxygen atoms in total. The lowest BCUT2D eigenvalue weighted by molar-refractivity contribution is 0.158. The van der Waals surface area contributed by atoms with Gasteiger partial charge in [0.1, 0.15) is 17.1 Å². The van der Waals surface area contributed by atoms with Crippen molar-refractivity contribution >= 4 is 6.08 Å². The Labute approximate surface area is 127 Å². The summed E-state index contributed by atoms with van der Waals surface area (Å²) in [6, 6.07) is 4.65. The number of methoxy groups -OCH3 is 1. The molecule has 2 heterocycles. The Hall–Kier alpha value is -1.48. The molecule has 1 aromatic rings. The molecule has 1 unspecified atom stereocenters. The molecule has 2 aliphatic heterocycles. The van der Waals surface area contributed by atoms with Gasteiger partial charge in [0.05, 0.1) is 7.11 Å². The van der Waals surface area contributed by atoms with Crippen molar-refractivity contribution in [1.29, 1.82) is 0 Å². The van der Waals surface area contributed by atoms with Crippen molar-refractivity contribution in [3.05, 3.63) is 29.3 Å². The first-order chi connectivity index (χ1) is 10.00. The second-order valence-electron chi connectivity index (χ2n) is 6.59. The second kappa shape index (κ2) is 5.38. The summed E-state index contributed by atoms with van der Waals surface area (Å²) >= 11 is 0. The SMILES string of the molecule is COc1cc2c(cc1C(C)N1CCCC1)C=CC(C)(C)O2. The van der Waals surface area contributed by atoms with Crippen LogP contribution >= 0.6 is 0 Å². The summed E-state index contributed by atoms with van der Waals surface area (Å²) in [5.74, 6) is 1.84. The molecule has 0 radical (unpaired) electrons. The Kier molecular flexibility index (Phi) is 3.70. The molecule has 0 saturated carbocycles. The molecule has 1 atom stereocenters. The van der Waals surface area contributed by atoms with Crippen LogP contribution in [0.5, 0.6) is 11.5 Å². The quantitative estimate of drug-likeness (QED) is 0.837. The lowest BCUT2D eigenvalue weighted by Crippen LogP contribution is -2.28. The van der Waals surface area contributed by atoms with Crippen LogP contribution in [0.25, 0.3) is 6.08 Å². The zero-order valence-corrected chi connectivity index (χ0v) is 13.5. The van der Waals surface area contributed by atoms with Gasteiger partial charge in [-0.15, -0.1) is 0 Å². The minimum Gasteiger partial charge on any atom is -0.496 e. The minimum absolute atomic E-state index is 0.250. The molecule has 1 saturated heterocycles. The maximum absolute atomic E-state index is 6.04. The van der Waals surface area contributed by atoms with Gasteiger partial charge >= 0.3 is 0 Å². The van der Waals surface area contributed by atoms with Gasteiger partial charge in [-0.05, 0) is 58.8 Å². The van der Waals surface area contributed by atoms with Gasteiger partial charge in [-0.25, -0.2) is 0 Å². The molecule has 3 heteroatoms. The first kappa shape index (κ1) is 14.5. The van der Waals surface area contributed by atoms with Crippen LogP contribution in [0.4, 0.5) is 0 Å². The summed E-state index contributed by atoms with van der Waals surface area (Å²) < 4.78 is 11.7. The van der Waals surface area contributed by atoms with E-state index in [1.165, 1.54) is 31.5 Å². The van der Waals surface area contributed by atoms with Gasteiger partial charge in [0.25, 0.3) is 0 Å². The summed E-state index contributed by atoms with van der Waals surface area (Å²) in [6.45, 7) is 8.77. The van der Waals surface area contributed by atoms with E-state index in [1.54, 1.807) is 7.11 Å². The van der Waals surface area contributed by atoms with E-state index in [0.717, 1.165) is 17.1 Å². The van der Waals surface area contributed by atoms with Crippen molar-refractivity contribution in [3.63, 3.8) is 0 Å². The Morgan fingerprint density at radius 1 is 1.24 bits per heavy atom.